The van der Waals surface area contributed by atoms with Crippen LogP contribution in [0, 0.1) is 5.41 Å². The third-order valence-corrected chi connectivity index (χ3v) is 2.40. The molecule has 2 aromatic rings. The smallest absolute Gasteiger partial charge is 0.249 e. The number of pyridine rings is 1. The first-order valence-corrected chi connectivity index (χ1v) is 5.40. The van der Waals surface area contributed by atoms with Gasteiger partial charge in [-0.25, -0.2) is 0 Å². The van der Waals surface area contributed by atoms with Gasteiger partial charge in [0.1, 0.15) is 6.10 Å². The maximum Gasteiger partial charge on any atom is 0.249 e. The SMILES string of the molecule is CC(C)(C)[C@@H](O)c1nnc(-c2cccnc2)o1. The molecule has 0 fully saturated rings. The first-order chi connectivity index (χ1) is 7.98. The Labute approximate surface area is 99.5 Å². The fourth-order valence-electron chi connectivity index (χ4n) is 1.32. The van der Waals surface area contributed by atoms with Crippen LogP contribution in [0.1, 0.15) is 32.8 Å². The van der Waals surface area contributed by atoms with E-state index in [1.165, 1.54) is 0 Å². The lowest BCUT2D eigenvalue weighted by Crippen LogP contribution is -2.18. The Hall–Kier alpha value is -1.75. The summed E-state index contributed by atoms with van der Waals surface area (Å²) in [6.07, 6.45) is 2.53. The summed E-state index contributed by atoms with van der Waals surface area (Å²) in [5.74, 6) is 0.604. The predicted octanol–water partition coefficient (Wildman–Crippen LogP) is 2.21. The number of aliphatic hydroxyl groups is 1. The molecule has 0 aromatic carbocycles. The molecular weight excluding hydrogens is 218 g/mol. The molecule has 0 aliphatic heterocycles. The minimum atomic E-state index is -0.777. The van der Waals surface area contributed by atoms with Crippen LogP contribution in [-0.2, 0) is 0 Å². The fourth-order valence-corrected chi connectivity index (χ4v) is 1.32. The minimum Gasteiger partial charge on any atom is -0.418 e. The number of nitrogens with zero attached hydrogens (tertiary/aromatic N) is 3. The number of hydrogen-bond donors (Lipinski definition) is 1. The molecule has 1 N–H and O–H groups in total. The summed E-state index contributed by atoms with van der Waals surface area (Å²) in [5.41, 5.74) is 0.408. The summed E-state index contributed by atoms with van der Waals surface area (Å²) < 4.78 is 5.45. The largest absolute Gasteiger partial charge is 0.418 e. The Kier molecular flexibility index (Phi) is 2.93. The van der Waals surface area contributed by atoms with Crippen molar-refractivity contribution < 1.29 is 9.52 Å². The molecule has 0 amide bonds. The summed E-state index contributed by atoms with van der Waals surface area (Å²) in [5, 5.41) is 17.8. The van der Waals surface area contributed by atoms with E-state index < -0.39 is 6.10 Å². The van der Waals surface area contributed by atoms with E-state index in [0.29, 0.717) is 5.89 Å². The zero-order valence-electron chi connectivity index (χ0n) is 10.1. The number of aliphatic hydroxyl groups excluding tert-OH is 1. The first kappa shape index (κ1) is 11.7. The Balaban J connectivity index is 2.28. The molecule has 0 spiro atoms. The standard InChI is InChI=1S/C12H15N3O2/c1-12(2,3)9(16)11-15-14-10(17-11)8-5-4-6-13-7-8/h4-7,9,16H,1-3H3/t9-/m0/s1. The van der Waals surface area contributed by atoms with Crippen LogP contribution in [0.3, 0.4) is 0 Å². The van der Waals surface area contributed by atoms with Crippen molar-refractivity contribution in [1.82, 2.24) is 15.2 Å². The second-order valence-electron chi connectivity index (χ2n) is 4.96. The highest BCUT2D eigenvalue weighted by atomic mass is 16.4. The summed E-state index contributed by atoms with van der Waals surface area (Å²) >= 11 is 0. The van der Waals surface area contributed by atoms with Gasteiger partial charge in [0.25, 0.3) is 0 Å². The van der Waals surface area contributed by atoms with Crippen molar-refractivity contribution in [3.63, 3.8) is 0 Å². The zero-order valence-corrected chi connectivity index (χ0v) is 10.1. The Morgan fingerprint density at radius 2 is 2.06 bits per heavy atom. The molecule has 0 radical (unpaired) electrons. The second kappa shape index (κ2) is 4.25. The van der Waals surface area contributed by atoms with Crippen LogP contribution in [-0.4, -0.2) is 20.3 Å². The minimum absolute atomic E-state index is 0.233. The molecule has 0 aliphatic rings. The van der Waals surface area contributed by atoms with Crippen LogP contribution in [0.2, 0.25) is 0 Å². The molecule has 2 heterocycles. The third-order valence-electron chi connectivity index (χ3n) is 2.40. The molecule has 17 heavy (non-hydrogen) atoms. The summed E-state index contributed by atoms with van der Waals surface area (Å²) in [7, 11) is 0. The quantitative estimate of drug-likeness (QED) is 0.861. The van der Waals surface area contributed by atoms with Gasteiger partial charge in [-0.05, 0) is 17.5 Å². The van der Waals surface area contributed by atoms with Crippen LogP contribution >= 0.6 is 0 Å². The summed E-state index contributed by atoms with van der Waals surface area (Å²) in [6, 6.07) is 3.62. The van der Waals surface area contributed by atoms with Gasteiger partial charge < -0.3 is 9.52 Å². The molecule has 0 saturated carbocycles. The third kappa shape index (κ3) is 2.50. The van der Waals surface area contributed by atoms with Gasteiger partial charge in [-0.15, -0.1) is 10.2 Å². The van der Waals surface area contributed by atoms with E-state index in [1.54, 1.807) is 18.5 Å². The molecule has 0 unspecified atom stereocenters. The van der Waals surface area contributed by atoms with Crippen LogP contribution in [0.15, 0.2) is 28.9 Å². The van der Waals surface area contributed by atoms with E-state index in [4.69, 9.17) is 4.42 Å². The monoisotopic (exact) mass is 233 g/mol. The fraction of sp³-hybridized carbons (Fsp3) is 0.417. The molecule has 0 aliphatic carbocycles. The Bertz CT molecular complexity index is 488. The van der Waals surface area contributed by atoms with Crippen molar-refractivity contribution in [3.8, 4) is 11.5 Å². The van der Waals surface area contributed by atoms with E-state index in [2.05, 4.69) is 15.2 Å². The zero-order chi connectivity index (χ0) is 12.5. The molecular formula is C12H15N3O2. The topological polar surface area (TPSA) is 72.0 Å². The van der Waals surface area contributed by atoms with Crippen molar-refractivity contribution >= 4 is 0 Å². The van der Waals surface area contributed by atoms with E-state index in [1.807, 2.05) is 26.8 Å². The lowest BCUT2D eigenvalue weighted by Gasteiger charge is -2.22. The van der Waals surface area contributed by atoms with E-state index in [-0.39, 0.29) is 11.3 Å². The number of aromatic nitrogens is 3. The van der Waals surface area contributed by atoms with Crippen molar-refractivity contribution in [2.45, 2.75) is 26.9 Å². The number of hydrogen-bond acceptors (Lipinski definition) is 5. The van der Waals surface area contributed by atoms with Gasteiger partial charge in [-0.2, -0.15) is 0 Å². The van der Waals surface area contributed by atoms with Crippen molar-refractivity contribution in [3.05, 3.63) is 30.4 Å². The van der Waals surface area contributed by atoms with Crippen molar-refractivity contribution in [2.24, 2.45) is 5.41 Å². The van der Waals surface area contributed by atoms with Gasteiger partial charge >= 0.3 is 0 Å². The summed E-state index contributed by atoms with van der Waals surface area (Å²) in [6.45, 7) is 5.73. The maximum atomic E-state index is 10.0. The molecule has 2 aromatic heterocycles. The average Bonchev–Trinajstić information content (AvgIpc) is 2.77. The first-order valence-electron chi connectivity index (χ1n) is 5.40. The van der Waals surface area contributed by atoms with Crippen molar-refractivity contribution in [1.29, 1.82) is 0 Å². The van der Waals surface area contributed by atoms with Crippen LogP contribution in [0.4, 0.5) is 0 Å². The predicted molar refractivity (Wildman–Crippen MR) is 61.9 cm³/mol. The van der Waals surface area contributed by atoms with Crippen molar-refractivity contribution in [2.75, 3.05) is 0 Å². The molecule has 0 saturated heterocycles. The Morgan fingerprint density at radius 3 is 2.65 bits per heavy atom. The van der Waals surface area contributed by atoms with Gasteiger partial charge in [-0.3, -0.25) is 4.98 Å². The molecule has 5 nitrogen and oxygen atoms in total. The highest BCUT2D eigenvalue weighted by molar-refractivity contribution is 5.49. The number of rotatable bonds is 2. The van der Waals surface area contributed by atoms with Crippen LogP contribution in [0.5, 0.6) is 0 Å². The second-order valence-corrected chi connectivity index (χ2v) is 4.96. The molecule has 0 bridgehead atoms. The van der Waals surface area contributed by atoms with Gasteiger partial charge in [-0.1, -0.05) is 20.8 Å². The van der Waals surface area contributed by atoms with E-state index in [9.17, 15) is 5.11 Å². The van der Waals surface area contributed by atoms with Gasteiger partial charge in [0.15, 0.2) is 0 Å². The Morgan fingerprint density at radius 1 is 1.29 bits per heavy atom. The lowest BCUT2D eigenvalue weighted by molar-refractivity contribution is 0.0391. The maximum absolute atomic E-state index is 10.0. The normalized spacial score (nSPS) is 13.6. The van der Waals surface area contributed by atoms with Gasteiger partial charge in [0.05, 0.1) is 5.56 Å². The van der Waals surface area contributed by atoms with E-state index in [0.717, 1.165) is 5.56 Å². The highest BCUT2D eigenvalue weighted by Crippen LogP contribution is 2.32. The molecule has 1 atom stereocenters. The van der Waals surface area contributed by atoms with Crippen LogP contribution < -0.4 is 0 Å². The van der Waals surface area contributed by atoms with Gasteiger partial charge in [0.2, 0.25) is 11.8 Å². The molecule has 90 valence electrons. The van der Waals surface area contributed by atoms with Gasteiger partial charge in [0, 0.05) is 12.4 Å². The average molecular weight is 233 g/mol. The summed E-state index contributed by atoms with van der Waals surface area (Å²) in [4.78, 5) is 3.97. The highest BCUT2D eigenvalue weighted by Gasteiger charge is 2.28. The molecule has 2 rings (SSSR count). The molecule has 5 heteroatoms. The van der Waals surface area contributed by atoms with E-state index >= 15 is 0 Å². The lowest BCUT2D eigenvalue weighted by atomic mass is 9.89. The van der Waals surface area contributed by atoms with Crippen LogP contribution in [0.25, 0.3) is 11.5 Å².